The van der Waals surface area contributed by atoms with Crippen LogP contribution in [-0.2, 0) is 9.31 Å². The molecule has 0 aliphatic carbocycles. The van der Waals surface area contributed by atoms with Gasteiger partial charge in [-0.2, -0.15) is 0 Å². The van der Waals surface area contributed by atoms with Crippen molar-refractivity contribution in [1.82, 2.24) is 0 Å². The zero-order valence-electron chi connectivity index (χ0n) is 8.70. The van der Waals surface area contributed by atoms with Gasteiger partial charge in [0.25, 0.3) is 0 Å². The van der Waals surface area contributed by atoms with Gasteiger partial charge in [0.1, 0.15) is 0 Å². The summed E-state index contributed by atoms with van der Waals surface area (Å²) < 4.78 is 11.3. The molecule has 0 aromatic rings. The van der Waals surface area contributed by atoms with Crippen LogP contribution < -0.4 is 0 Å². The molecule has 1 aliphatic heterocycles. The minimum absolute atomic E-state index is 0.0179. The van der Waals surface area contributed by atoms with Gasteiger partial charge in [0.15, 0.2) is 0 Å². The van der Waals surface area contributed by atoms with Crippen molar-refractivity contribution in [3.8, 4) is 0 Å². The molecule has 0 aromatic carbocycles. The fourth-order valence-corrected chi connectivity index (χ4v) is 1.14. The van der Waals surface area contributed by atoms with Crippen LogP contribution in [0.5, 0.6) is 0 Å². The van der Waals surface area contributed by atoms with E-state index in [0.29, 0.717) is 0 Å². The average molecular weight is 184 g/mol. The average Bonchev–Trinajstić information content (AvgIpc) is 2.17. The van der Waals surface area contributed by atoms with Gasteiger partial charge in [0.05, 0.1) is 17.8 Å². The Labute approximate surface area is 79.9 Å². The molecule has 13 heavy (non-hydrogen) atoms. The fraction of sp³-hybridized carbons (Fsp3) is 0.778. The second-order valence-electron chi connectivity index (χ2n) is 4.24. The molecule has 3 nitrogen and oxygen atoms in total. The summed E-state index contributed by atoms with van der Waals surface area (Å²) in [5.74, 6) is 1.73. The van der Waals surface area contributed by atoms with Crippen molar-refractivity contribution in [1.29, 1.82) is 0 Å². The third kappa shape index (κ3) is 2.13. The molecule has 1 saturated heterocycles. The predicted molar refractivity (Wildman–Crippen MR) is 52.3 cm³/mol. The first-order valence-electron chi connectivity index (χ1n) is 4.52. The lowest BCUT2D eigenvalue weighted by Gasteiger charge is -2.32. The van der Waals surface area contributed by atoms with Crippen LogP contribution >= 0.6 is 0 Å². The molecule has 0 saturated carbocycles. The Hall–Kier alpha value is -0.315. The van der Waals surface area contributed by atoms with E-state index in [1.54, 1.807) is 12.1 Å². The van der Waals surface area contributed by atoms with Crippen molar-refractivity contribution in [3.63, 3.8) is 0 Å². The summed E-state index contributed by atoms with van der Waals surface area (Å²) in [6.45, 7) is 8.02. The summed E-state index contributed by atoms with van der Waals surface area (Å²) in [5, 5.41) is 8.59. The van der Waals surface area contributed by atoms with Crippen LogP contribution in [0.2, 0.25) is 0 Å². The van der Waals surface area contributed by atoms with Crippen molar-refractivity contribution < 1.29 is 14.4 Å². The number of rotatable bonds is 2. The van der Waals surface area contributed by atoms with Crippen molar-refractivity contribution in [2.45, 2.75) is 38.9 Å². The first-order valence-corrected chi connectivity index (χ1v) is 4.52. The largest absolute Gasteiger partial charge is 0.486 e. The van der Waals surface area contributed by atoms with Crippen molar-refractivity contribution in [3.05, 3.63) is 12.1 Å². The second kappa shape index (κ2) is 3.44. The van der Waals surface area contributed by atoms with E-state index >= 15 is 0 Å². The van der Waals surface area contributed by atoms with Crippen molar-refractivity contribution in [2.24, 2.45) is 0 Å². The Morgan fingerprint density at radius 1 is 1.15 bits per heavy atom. The SMILES string of the molecule is CC1(C)OB(/C=C/CO)OC1(C)C. The Kier molecular flexibility index (Phi) is 2.85. The topological polar surface area (TPSA) is 38.7 Å². The van der Waals surface area contributed by atoms with Crippen LogP contribution in [0.4, 0.5) is 0 Å². The van der Waals surface area contributed by atoms with Gasteiger partial charge in [-0.05, 0) is 27.7 Å². The van der Waals surface area contributed by atoms with Gasteiger partial charge in [0, 0.05) is 0 Å². The molecule has 0 amide bonds. The molecular weight excluding hydrogens is 167 g/mol. The normalized spacial score (nSPS) is 25.8. The molecule has 4 heteroatoms. The van der Waals surface area contributed by atoms with Gasteiger partial charge >= 0.3 is 7.12 Å². The Morgan fingerprint density at radius 3 is 2.00 bits per heavy atom. The number of hydrogen-bond acceptors (Lipinski definition) is 3. The Bertz CT molecular complexity index is 195. The lowest BCUT2D eigenvalue weighted by Crippen LogP contribution is -2.41. The van der Waals surface area contributed by atoms with E-state index in [-0.39, 0.29) is 24.9 Å². The van der Waals surface area contributed by atoms with Crippen LogP contribution in [0, 0.1) is 0 Å². The van der Waals surface area contributed by atoms with E-state index < -0.39 is 0 Å². The number of aliphatic hydroxyl groups is 1. The van der Waals surface area contributed by atoms with Crippen LogP contribution in [-0.4, -0.2) is 30.0 Å². The summed E-state index contributed by atoms with van der Waals surface area (Å²) in [6, 6.07) is 0. The lowest BCUT2D eigenvalue weighted by molar-refractivity contribution is 0.00578. The summed E-state index contributed by atoms with van der Waals surface area (Å²) in [7, 11) is -0.336. The van der Waals surface area contributed by atoms with E-state index in [1.807, 2.05) is 27.7 Å². The maximum atomic E-state index is 8.59. The van der Waals surface area contributed by atoms with E-state index in [9.17, 15) is 0 Å². The molecule has 1 aliphatic rings. The van der Waals surface area contributed by atoms with Crippen LogP contribution in [0.15, 0.2) is 12.1 Å². The first kappa shape index (κ1) is 10.8. The Morgan fingerprint density at radius 2 is 1.62 bits per heavy atom. The number of hydrogen-bond donors (Lipinski definition) is 1. The molecule has 0 atom stereocenters. The molecule has 0 bridgehead atoms. The summed E-state index contributed by atoms with van der Waals surface area (Å²) in [5.41, 5.74) is -0.588. The Balaban J connectivity index is 2.65. The first-order chi connectivity index (χ1) is 5.89. The molecule has 0 radical (unpaired) electrons. The quantitative estimate of drug-likeness (QED) is 0.654. The van der Waals surface area contributed by atoms with Gasteiger partial charge < -0.3 is 14.4 Å². The molecule has 0 unspecified atom stereocenters. The smallest absolute Gasteiger partial charge is 0.400 e. The second-order valence-corrected chi connectivity index (χ2v) is 4.24. The van der Waals surface area contributed by atoms with Gasteiger partial charge in [0.2, 0.25) is 0 Å². The highest BCUT2D eigenvalue weighted by Gasteiger charge is 2.49. The van der Waals surface area contributed by atoms with Crippen LogP contribution in [0.25, 0.3) is 0 Å². The lowest BCUT2D eigenvalue weighted by atomic mass is 9.90. The zero-order valence-corrected chi connectivity index (χ0v) is 8.70. The van der Waals surface area contributed by atoms with Crippen molar-refractivity contribution >= 4 is 7.12 Å². The highest BCUT2D eigenvalue weighted by atomic mass is 16.7. The molecule has 1 heterocycles. The summed E-state index contributed by atoms with van der Waals surface area (Å²) in [6.07, 6.45) is 1.63. The minimum Gasteiger partial charge on any atom is -0.400 e. The molecule has 74 valence electrons. The molecule has 1 rings (SSSR count). The zero-order chi connectivity index (χ0) is 10.1. The molecule has 1 N–H and O–H groups in total. The minimum atomic E-state index is -0.336. The van der Waals surface area contributed by atoms with E-state index in [1.165, 1.54) is 0 Å². The monoisotopic (exact) mass is 184 g/mol. The predicted octanol–water partition coefficient (Wildman–Crippen LogP) is 1.17. The van der Waals surface area contributed by atoms with Crippen molar-refractivity contribution in [2.75, 3.05) is 6.61 Å². The highest BCUT2D eigenvalue weighted by Crippen LogP contribution is 2.36. The molecule has 1 fully saturated rings. The van der Waals surface area contributed by atoms with E-state index in [4.69, 9.17) is 14.4 Å². The van der Waals surface area contributed by atoms with Crippen LogP contribution in [0.3, 0.4) is 0 Å². The fourth-order valence-electron chi connectivity index (χ4n) is 1.14. The molecule has 0 spiro atoms. The van der Waals surface area contributed by atoms with E-state index in [2.05, 4.69) is 0 Å². The third-order valence-corrected chi connectivity index (χ3v) is 2.67. The third-order valence-electron chi connectivity index (χ3n) is 2.67. The molecule has 0 aromatic heterocycles. The van der Waals surface area contributed by atoms with Gasteiger partial charge in [-0.15, -0.1) is 0 Å². The van der Waals surface area contributed by atoms with Gasteiger partial charge in [-0.3, -0.25) is 0 Å². The summed E-state index contributed by atoms with van der Waals surface area (Å²) in [4.78, 5) is 0. The maximum Gasteiger partial charge on any atom is 0.486 e. The summed E-state index contributed by atoms with van der Waals surface area (Å²) >= 11 is 0. The maximum absolute atomic E-state index is 8.59. The van der Waals surface area contributed by atoms with Gasteiger partial charge in [-0.1, -0.05) is 12.1 Å². The highest BCUT2D eigenvalue weighted by molar-refractivity contribution is 6.51. The van der Waals surface area contributed by atoms with Crippen LogP contribution in [0.1, 0.15) is 27.7 Å². The van der Waals surface area contributed by atoms with E-state index in [0.717, 1.165) is 0 Å². The molecular formula is C9H17BO3. The standard InChI is InChI=1S/C9H17BO3/c1-8(2)9(3,4)13-10(12-8)6-5-7-11/h5-6,11H,7H2,1-4H3/b6-5+. The van der Waals surface area contributed by atoms with Gasteiger partial charge in [-0.25, -0.2) is 0 Å². The number of aliphatic hydroxyl groups excluding tert-OH is 1.